The summed E-state index contributed by atoms with van der Waals surface area (Å²) < 4.78 is 5.74. The highest BCUT2D eigenvalue weighted by molar-refractivity contribution is 5.94. The van der Waals surface area contributed by atoms with Crippen LogP contribution in [0.1, 0.15) is 36.7 Å². The van der Waals surface area contributed by atoms with Gasteiger partial charge in [0.25, 0.3) is 5.91 Å². The van der Waals surface area contributed by atoms with E-state index < -0.39 is 0 Å². The Morgan fingerprint density at radius 3 is 2.43 bits per heavy atom. The predicted molar refractivity (Wildman–Crippen MR) is 91.8 cm³/mol. The van der Waals surface area contributed by atoms with Gasteiger partial charge in [-0.05, 0) is 30.2 Å². The van der Waals surface area contributed by atoms with Gasteiger partial charge in [-0.1, -0.05) is 32.9 Å². The second-order valence-electron chi connectivity index (χ2n) is 8.03. The highest BCUT2D eigenvalue weighted by atomic mass is 16.5. The first-order chi connectivity index (χ1) is 10.8. The van der Waals surface area contributed by atoms with Gasteiger partial charge < -0.3 is 9.64 Å². The Balaban J connectivity index is 1.77. The molecule has 0 unspecified atom stereocenters. The Labute approximate surface area is 139 Å². The number of amides is 1. The molecule has 0 spiro atoms. The number of carbonyl (C=O) groups excluding carboxylic acids is 1. The second kappa shape index (κ2) is 6.25. The van der Waals surface area contributed by atoms with Gasteiger partial charge >= 0.3 is 0 Å². The minimum Gasteiger partial charge on any atom is -0.379 e. The van der Waals surface area contributed by atoms with E-state index >= 15 is 0 Å². The molecule has 0 aliphatic carbocycles. The zero-order chi connectivity index (χ0) is 16.6. The molecule has 1 aromatic rings. The van der Waals surface area contributed by atoms with E-state index in [9.17, 15) is 4.79 Å². The number of nitrogens with zero attached hydrogens (tertiary/aromatic N) is 2. The van der Waals surface area contributed by atoms with E-state index in [1.165, 1.54) is 5.56 Å². The van der Waals surface area contributed by atoms with Crippen LogP contribution in [0.15, 0.2) is 24.3 Å². The van der Waals surface area contributed by atoms with Gasteiger partial charge in [0, 0.05) is 31.1 Å². The number of hydrogen-bond donors (Lipinski definition) is 0. The monoisotopic (exact) mass is 316 g/mol. The maximum Gasteiger partial charge on any atom is 0.253 e. The topological polar surface area (TPSA) is 32.8 Å². The molecule has 0 aromatic heterocycles. The van der Waals surface area contributed by atoms with Gasteiger partial charge in [0.2, 0.25) is 0 Å². The molecule has 2 heterocycles. The molecule has 4 nitrogen and oxygen atoms in total. The number of likely N-dealkylation sites (N-methyl/N-ethyl adjacent to an activating group) is 1. The number of benzene rings is 1. The average molecular weight is 316 g/mol. The maximum atomic E-state index is 12.9. The fourth-order valence-corrected chi connectivity index (χ4v) is 3.51. The molecule has 1 amide bonds. The van der Waals surface area contributed by atoms with Crippen molar-refractivity contribution in [3.63, 3.8) is 0 Å². The molecule has 2 aliphatic rings. The molecular formula is C19H28N2O2. The summed E-state index contributed by atoms with van der Waals surface area (Å²) in [6.07, 6.45) is 0. The van der Waals surface area contributed by atoms with E-state index in [1.807, 2.05) is 17.0 Å². The predicted octanol–water partition coefficient (Wildman–Crippen LogP) is 2.39. The standard InChI is InChI=1S/C19H28N2O2/c1-19(2,3)16-7-5-15(6-8-16)18(22)21-10-14-9-20(4)17(11-21)13-23-12-14/h5-8,14,17H,9-13H2,1-4H3/t14-,17+/m1/s1. The van der Waals surface area contributed by atoms with Gasteiger partial charge in [-0.3, -0.25) is 9.69 Å². The van der Waals surface area contributed by atoms with Gasteiger partial charge in [-0.2, -0.15) is 0 Å². The van der Waals surface area contributed by atoms with Crippen molar-refractivity contribution in [3.05, 3.63) is 35.4 Å². The van der Waals surface area contributed by atoms with Gasteiger partial charge in [-0.15, -0.1) is 0 Å². The first kappa shape index (κ1) is 16.5. The van der Waals surface area contributed by atoms with Crippen LogP contribution in [0.3, 0.4) is 0 Å². The molecule has 2 bridgehead atoms. The largest absolute Gasteiger partial charge is 0.379 e. The Morgan fingerprint density at radius 2 is 1.78 bits per heavy atom. The van der Waals surface area contributed by atoms with Crippen molar-refractivity contribution in [1.82, 2.24) is 9.80 Å². The number of hydrogen-bond acceptors (Lipinski definition) is 3. The second-order valence-corrected chi connectivity index (χ2v) is 8.03. The number of fused-ring (bicyclic) bond motifs is 3. The molecule has 0 N–H and O–H groups in total. The van der Waals surface area contributed by atoms with Crippen LogP contribution in [0.2, 0.25) is 0 Å². The highest BCUT2D eigenvalue weighted by Crippen LogP contribution is 2.24. The zero-order valence-corrected chi connectivity index (χ0v) is 14.7. The van der Waals surface area contributed by atoms with Crippen molar-refractivity contribution in [1.29, 1.82) is 0 Å². The minimum atomic E-state index is 0.112. The fraction of sp³-hybridized carbons (Fsp3) is 0.632. The molecule has 2 fully saturated rings. The Hall–Kier alpha value is -1.39. The lowest BCUT2D eigenvalue weighted by molar-refractivity contribution is 0.0433. The Bertz CT molecular complexity index is 562. The van der Waals surface area contributed by atoms with Crippen molar-refractivity contribution >= 4 is 5.91 Å². The van der Waals surface area contributed by atoms with Gasteiger partial charge in [0.05, 0.1) is 19.3 Å². The third-order valence-corrected chi connectivity index (χ3v) is 5.03. The van der Waals surface area contributed by atoms with Crippen molar-refractivity contribution in [3.8, 4) is 0 Å². The van der Waals surface area contributed by atoms with Crippen LogP contribution < -0.4 is 0 Å². The van der Waals surface area contributed by atoms with Crippen molar-refractivity contribution in [2.45, 2.75) is 32.2 Å². The van der Waals surface area contributed by atoms with Crippen molar-refractivity contribution < 1.29 is 9.53 Å². The summed E-state index contributed by atoms with van der Waals surface area (Å²) in [5.74, 6) is 0.558. The molecule has 0 radical (unpaired) electrons. The molecule has 2 atom stereocenters. The molecule has 4 heteroatoms. The van der Waals surface area contributed by atoms with Gasteiger partial charge in [0.1, 0.15) is 0 Å². The third kappa shape index (κ3) is 3.59. The fourth-order valence-electron chi connectivity index (χ4n) is 3.51. The molecule has 0 saturated carbocycles. The van der Waals surface area contributed by atoms with Gasteiger partial charge in [-0.25, -0.2) is 0 Å². The quantitative estimate of drug-likeness (QED) is 0.797. The lowest BCUT2D eigenvalue weighted by Gasteiger charge is -2.30. The molecule has 23 heavy (non-hydrogen) atoms. The van der Waals surface area contributed by atoms with Crippen molar-refractivity contribution in [2.24, 2.45) is 5.92 Å². The Morgan fingerprint density at radius 1 is 1.09 bits per heavy atom. The molecule has 3 rings (SSSR count). The molecule has 2 saturated heterocycles. The molecular weight excluding hydrogens is 288 g/mol. The van der Waals surface area contributed by atoms with Crippen LogP contribution in [-0.4, -0.2) is 61.6 Å². The average Bonchev–Trinajstić information content (AvgIpc) is 2.74. The number of carbonyl (C=O) groups is 1. The van der Waals surface area contributed by atoms with E-state index in [2.05, 4.69) is 44.9 Å². The first-order valence-electron chi connectivity index (χ1n) is 8.52. The van der Waals surface area contributed by atoms with Crippen LogP contribution in [0.4, 0.5) is 0 Å². The van der Waals surface area contributed by atoms with Crippen LogP contribution in [-0.2, 0) is 10.2 Å². The van der Waals surface area contributed by atoms with E-state index in [0.29, 0.717) is 12.0 Å². The van der Waals surface area contributed by atoms with Crippen LogP contribution in [0.5, 0.6) is 0 Å². The van der Waals surface area contributed by atoms with Crippen LogP contribution in [0.25, 0.3) is 0 Å². The Kier molecular flexibility index (Phi) is 4.47. The highest BCUT2D eigenvalue weighted by Gasteiger charge is 2.33. The lowest BCUT2D eigenvalue weighted by atomic mass is 9.86. The van der Waals surface area contributed by atoms with E-state index in [-0.39, 0.29) is 11.3 Å². The third-order valence-electron chi connectivity index (χ3n) is 5.03. The smallest absolute Gasteiger partial charge is 0.253 e. The summed E-state index contributed by atoms with van der Waals surface area (Å²) in [5.41, 5.74) is 2.16. The summed E-state index contributed by atoms with van der Waals surface area (Å²) in [4.78, 5) is 17.3. The molecule has 2 aliphatic heterocycles. The summed E-state index contributed by atoms with van der Waals surface area (Å²) in [6.45, 7) is 10.6. The van der Waals surface area contributed by atoms with Crippen molar-refractivity contribution in [2.75, 3.05) is 39.9 Å². The van der Waals surface area contributed by atoms with Gasteiger partial charge in [0.15, 0.2) is 0 Å². The number of ether oxygens (including phenoxy) is 1. The summed E-state index contributed by atoms with van der Waals surface area (Å²) >= 11 is 0. The molecule has 1 aromatic carbocycles. The van der Waals surface area contributed by atoms with E-state index in [1.54, 1.807) is 0 Å². The number of rotatable bonds is 1. The van der Waals surface area contributed by atoms with E-state index in [4.69, 9.17) is 4.74 Å². The zero-order valence-electron chi connectivity index (χ0n) is 14.7. The maximum absolute atomic E-state index is 12.9. The lowest BCUT2D eigenvalue weighted by Crippen LogP contribution is -2.44. The SMILES string of the molecule is CN1C[C@H]2COC[C@@H]1CN(C(=O)c1ccc(C(C)(C)C)cc1)C2. The molecule has 126 valence electrons. The van der Waals surface area contributed by atoms with E-state index in [0.717, 1.165) is 38.4 Å². The summed E-state index contributed by atoms with van der Waals surface area (Å²) in [6, 6.07) is 8.43. The minimum absolute atomic E-state index is 0.112. The first-order valence-corrected chi connectivity index (χ1v) is 8.52. The van der Waals surface area contributed by atoms with Crippen LogP contribution in [0, 0.1) is 5.92 Å². The normalized spacial score (nSPS) is 26.0. The van der Waals surface area contributed by atoms with Crippen LogP contribution >= 0.6 is 0 Å². The summed E-state index contributed by atoms with van der Waals surface area (Å²) in [5, 5.41) is 0. The summed E-state index contributed by atoms with van der Waals surface area (Å²) in [7, 11) is 2.14.